The standard InChI is InChI=1S/C18H21FN2O2S/c1-18(10-11-18)21-24(22,23)16-9-6-14(17(20)12-16)5-2-13-3-7-15(19)8-4-13/h3-4,6-9,12,21H,2,5,10-11,20H2,1H3. The van der Waals surface area contributed by atoms with Crippen LogP contribution in [0, 0.1) is 5.82 Å². The summed E-state index contributed by atoms with van der Waals surface area (Å²) < 4.78 is 40.3. The van der Waals surface area contributed by atoms with Crippen molar-refractivity contribution in [1.82, 2.24) is 4.72 Å². The van der Waals surface area contributed by atoms with Gasteiger partial charge in [-0.3, -0.25) is 0 Å². The molecule has 0 spiro atoms. The lowest BCUT2D eigenvalue weighted by Gasteiger charge is -2.14. The molecule has 4 nitrogen and oxygen atoms in total. The fourth-order valence-corrected chi connectivity index (χ4v) is 4.07. The lowest BCUT2D eigenvalue weighted by molar-refractivity contribution is 0.558. The smallest absolute Gasteiger partial charge is 0.241 e. The van der Waals surface area contributed by atoms with E-state index in [9.17, 15) is 12.8 Å². The van der Waals surface area contributed by atoms with Crippen LogP contribution >= 0.6 is 0 Å². The van der Waals surface area contributed by atoms with Crippen molar-refractivity contribution in [2.24, 2.45) is 0 Å². The third-order valence-electron chi connectivity index (χ3n) is 4.40. The van der Waals surface area contributed by atoms with Gasteiger partial charge in [-0.05, 0) is 68.0 Å². The molecule has 0 heterocycles. The molecule has 2 aromatic carbocycles. The minimum Gasteiger partial charge on any atom is -0.398 e. The highest BCUT2D eigenvalue weighted by Crippen LogP contribution is 2.36. The number of nitrogens with two attached hydrogens (primary N) is 1. The van der Waals surface area contributed by atoms with Gasteiger partial charge in [0.25, 0.3) is 0 Å². The highest BCUT2D eigenvalue weighted by molar-refractivity contribution is 7.89. The molecular formula is C18H21FN2O2S. The molecule has 0 atom stereocenters. The van der Waals surface area contributed by atoms with Gasteiger partial charge in [-0.15, -0.1) is 0 Å². The number of halogens is 1. The minimum absolute atomic E-state index is 0.193. The van der Waals surface area contributed by atoms with E-state index in [1.54, 1.807) is 24.3 Å². The first-order valence-corrected chi connectivity index (χ1v) is 9.43. The maximum Gasteiger partial charge on any atom is 0.241 e. The van der Waals surface area contributed by atoms with E-state index < -0.39 is 10.0 Å². The first kappa shape index (κ1) is 16.9. The van der Waals surface area contributed by atoms with Gasteiger partial charge in [-0.25, -0.2) is 17.5 Å². The van der Waals surface area contributed by atoms with Gasteiger partial charge in [-0.2, -0.15) is 0 Å². The molecule has 1 aliphatic carbocycles. The van der Waals surface area contributed by atoms with E-state index in [0.717, 1.165) is 24.0 Å². The van der Waals surface area contributed by atoms with E-state index in [2.05, 4.69) is 4.72 Å². The monoisotopic (exact) mass is 348 g/mol. The number of aryl methyl sites for hydroxylation is 2. The molecular weight excluding hydrogens is 327 g/mol. The van der Waals surface area contributed by atoms with Crippen LogP contribution in [0.25, 0.3) is 0 Å². The lowest BCUT2D eigenvalue weighted by Crippen LogP contribution is -2.34. The van der Waals surface area contributed by atoms with Crippen LogP contribution in [0.2, 0.25) is 0 Å². The summed E-state index contributed by atoms with van der Waals surface area (Å²) in [5.41, 5.74) is 8.08. The van der Waals surface area contributed by atoms with Gasteiger partial charge < -0.3 is 5.73 Å². The molecule has 128 valence electrons. The molecule has 1 aliphatic rings. The number of hydrogen-bond donors (Lipinski definition) is 2. The Bertz CT molecular complexity index is 844. The molecule has 3 rings (SSSR count). The summed E-state index contributed by atoms with van der Waals surface area (Å²) in [6.07, 6.45) is 3.10. The third-order valence-corrected chi connectivity index (χ3v) is 6.04. The average Bonchev–Trinajstić information content (AvgIpc) is 3.23. The molecule has 2 aromatic rings. The van der Waals surface area contributed by atoms with Gasteiger partial charge in [0, 0.05) is 11.2 Å². The molecule has 0 aromatic heterocycles. The second-order valence-electron chi connectivity index (χ2n) is 6.65. The Morgan fingerprint density at radius 1 is 1.12 bits per heavy atom. The second-order valence-corrected chi connectivity index (χ2v) is 8.34. The topological polar surface area (TPSA) is 72.2 Å². The van der Waals surface area contributed by atoms with E-state index in [1.807, 2.05) is 6.92 Å². The average molecular weight is 348 g/mol. The van der Waals surface area contributed by atoms with E-state index in [1.165, 1.54) is 18.2 Å². The maximum absolute atomic E-state index is 12.9. The predicted octanol–water partition coefficient (Wildman–Crippen LogP) is 3.02. The number of anilines is 1. The van der Waals surface area contributed by atoms with Crippen LogP contribution in [0.15, 0.2) is 47.4 Å². The summed E-state index contributed by atoms with van der Waals surface area (Å²) in [6.45, 7) is 1.89. The summed E-state index contributed by atoms with van der Waals surface area (Å²) in [5.74, 6) is -0.260. The van der Waals surface area contributed by atoms with Crippen molar-refractivity contribution >= 4 is 15.7 Å². The predicted molar refractivity (Wildman–Crippen MR) is 92.6 cm³/mol. The van der Waals surface area contributed by atoms with Crippen molar-refractivity contribution < 1.29 is 12.8 Å². The van der Waals surface area contributed by atoms with Gasteiger partial charge in [-0.1, -0.05) is 18.2 Å². The molecule has 0 aliphatic heterocycles. The zero-order valence-corrected chi connectivity index (χ0v) is 14.4. The highest BCUT2D eigenvalue weighted by atomic mass is 32.2. The van der Waals surface area contributed by atoms with Gasteiger partial charge in [0.05, 0.1) is 4.90 Å². The number of hydrogen-bond acceptors (Lipinski definition) is 3. The van der Waals surface area contributed by atoms with Crippen LogP contribution < -0.4 is 10.5 Å². The molecule has 1 saturated carbocycles. The zero-order valence-electron chi connectivity index (χ0n) is 13.5. The molecule has 6 heteroatoms. The maximum atomic E-state index is 12.9. The van der Waals surface area contributed by atoms with Gasteiger partial charge in [0.2, 0.25) is 10.0 Å². The number of benzene rings is 2. The summed E-state index contributed by atoms with van der Waals surface area (Å²) in [7, 11) is -3.54. The molecule has 24 heavy (non-hydrogen) atoms. The van der Waals surface area contributed by atoms with Gasteiger partial charge >= 0.3 is 0 Å². The Morgan fingerprint density at radius 2 is 1.79 bits per heavy atom. The lowest BCUT2D eigenvalue weighted by atomic mass is 10.0. The van der Waals surface area contributed by atoms with Crippen LogP contribution in [0.1, 0.15) is 30.9 Å². The van der Waals surface area contributed by atoms with Crippen LogP contribution in [0.3, 0.4) is 0 Å². The number of nitrogen functional groups attached to an aromatic ring is 1. The normalized spacial score (nSPS) is 16.1. The quantitative estimate of drug-likeness (QED) is 0.788. The van der Waals surface area contributed by atoms with Crippen LogP contribution in [0.5, 0.6) is 0 Å². The van der Waals surface area contributed by atoms with Crippen molar-refractivity contribution in [3.63, 3.8) is 0 Å². The summed E-state index contributed by atoms with van der Waals surface area (Å²) >= 11 is 0. The minimum atomic E-state index is -3.54. The van der Waals surface area contributed by atoms with Gasteiger partial charge in [0.15, 0.2) is 0 Å². The summed E-state index contributed by atoms with van der Waals surface area (Å²) in [4.78, 5) is 0.193. The molecule has 0 saturated heterocycles. The Kier molecular flexibility index (Phi) is 4.36. The van der Waals surface area contributed by atoms with Crippen molar-refractivity contribution in [1.29, 1.82) is 0 Å². The molecule has 0 radical (unpaired) electrons. The van der Waals surface area contributed by atoms with Crippen molar-refractivity contribution in [3.8, 4) is 0 Å². The Morgan fingerprint density at radius 3 is 2.38 bits per heavy atom. The van der Waals surface area contributed by atoms with Crippen molar-refractivity contribution in [2.45, 2.75) is 43.0 Å². The fourth-order valence-electron chi connectivity index (χ4n) is 2.57. The van der Waals surface area contributed by atoms with Crippen LogP contribution in [-0.2, 0) is 22.9 Å². The molecule has 3 N–H and O–H groups in total. The summed E-state index contributed by atoms with van der Waals surface area (Å²) in [6, 6.07) is 11.2. The Hall–Kier alpha value is -1.92. The first-order chi connectivity index (χ1) is 11.3. The number of rotatable bonds is 6. The Balaban J connectivity index is 1.71. The molecule has 0 unspecified atom stereocenters. The fraction of sp³-hybridized carbons (Fsp3) is 0.333. The van der Waals surface area contributed by atoms with Crippen LogP contribution in [0.4, 0.5) is 10.1 Å². The third kappa shape index (κ3) is 3.94. The first-order valence-electron chi connectivity index (χ1n) is 7.94. The summed E-state index contributed by atoms with van der Waals surface area (Å²) in [5, 5.41) is 0. The van der Waals surface area contributed by atoms with E-state index >= 15 is 0 Å². The second kappa shape index (κ2) is 6.18. The zero-order chi connectivity index (χ0) is 17.4. The SMILES string of the molecule is CC1(NS(=O)(=O)c2ccc(CCc3ccc(F)cc3)c(N)c2)CC1. The Labute approximate surface area is 141 Å². The number of sulfonamides is 1. The molecule has 1 fully saturated rings. The highest BCUT2D eigenvalue weighted by Gasteiger charge is 2.41. The van der Waals surface area contributed by atoms with Crippen LogP contribution in [-0.4, -0.2) is 14.0 Å². The molecule has 0 bridgehead atoms. The van der Waals surface area contributed by atoms with E-state index in [0.29, 0.717) is 18.5 Å². The van der Waals surface area contributed by atoms with E-state index in [4.69, 9.17) is 5.73 Å². The van der Waals surface area contributed by atoms with Crippen molar-refractivity contribution in [2.75, 3.05) is 5.73 Å². The largest absolute Gasteiger partial charge is 0.398 e. The number of nitrogens with one attached hydrogen (secondary N) is 1. The van der Waals surface area contributed by atoms with Gasteiger partial charge in [0.1, 0.15) is 5.82 Å². The van der Waals surface area contributed by atoms with E-state index in [-0.39, 0.29) is 16.3 Å². The molecule has 0 amide bonds. The van der Waals surface area contributed by atoms with Crippen molar-refractivity contribution in [3.05, 3.63) is 59.4 Å².